The molecule has 2 aromatic rings. The van der Waals surface area contributed by atoms with Crippen molar-refractivity contribution in [2.75, 3.05) is 18.9 Å². The van der Waals surface area contributed by atoms with Crippen LogP contribution in [0.15, 0.2) is 29.2 Å². The SMILES string of the molecule is CCc1nc(NC(=O)CN(C)C(C)c2ccc(S(N)(=O)=O)cc2)sc1C. The first kappa shape index (κ1) is 20.5. The van der Waals surface area contributed by atoms with Crippen molar-refractivity contribution in [2.24, 2.45) is 5.14 Å². The molecule has 3 N–H and O–H groups in total. The maximum Gasteiger partial charge on any atom is 0.240 e. The minimum atomic E-state index is -3.71. The lowest BCUT2D eigenvalue weighted by atomic mass is 10.1. The zero-order valence-electron chi connectivity index (χ0n) is 15.3. The number of likely N-dealkylation sites (N-methyl/N-ethyl adjacent to an activating group) is 1. The molecular formula is C17H24N4O3S2. The van der Waals surface area contributed by atoms with Crippen LogP contribution < -0.4 is 10.5 Å². The van der Waals surface area contributed by atoms with Crippen LogP contribution in [-0.4, -0.2) is 37.8 Å². The summed E-state index contributed by atoms with van der Waals surface area (Å²) in [5, 5.41) is 8.56. The van der Waals surface area contributed by atoms with Gasteiger partial charge < -0.3 is 5.32 Å². The maximum atomic E-state index is 12.3. The van der Waals surface area contributed by atoms with Crippen molar-refractivity contribution in [2.45, 2.75) is 38.1 Å². The molecule has 26 heavy (non-hydrogen) atoms. The largest absolute Gasteiger partial charge is 0.301 e. The molecule has 0 spiro atoms. The monoisotopic (exact) mass is 396 g/mol. The fraction of sp³-hybridized carbons (Fsp3) is 0.412. The van der Waals surface area contributed by atoms with E-state index in [2.05, 4.69) is 10.3 Å². The summed E-state index contributed by atoms with van der Waals surface area (Å²) in [5.74, 6) is -0.142. The lowest BCUT2D eigenvalue weighted by Gasteiger charge is -2.24. The molecule has 0 radical (unpaired) electrons. The number of nitrogens with zero attached hydrogens (tertiary/aromatic N) is 2. The number of hydrogen-bond acceptors (Lipinski definition) is 6. The summed E-state index contributed by atoms with van der Waals surface area (Å²) in [6, 6.07) is 6.28. The van der Waals surface area contributed by atoms with Crippen LogP contribution in [0.2, 0.25) is 0 Å². The third kappa shape index (κ3) is 5.10. The molecule has 1 amide bonds. The molecule has 2 rings (SSSR count). The average Bonchev–Trinajstić information content (AvgIpc) is 2.92. The molecule has 0 saturated heterocycles. The minimum absolute atomic E-state index is 0.0692. The number of aromatic nitrogens is 1. The van der Waals surface area contributed by atoms with Crippen molar-refractivity contribution < 1.29 is 13.2 Å². The first-order valence-corrected chi connectivity index (χ1v) is 10.6. The second-order valence-electron chi connectivity index (χ2n) is 6.13. The summed E-state index contributed by atoms with van der Waals surface area (Å²) in [6.45, 7) is 6.16. The van der Waals surface area contributed by atoms with Gasteiger partial charge in [-0.25, -0.2) is 18.5 Å². The molecule has 9 heteroatoms. The third-order valence-electron chi connectivity index (χ3n) is 4.22. The molecule has 0 aliphatic heterocycles. The number of anilines is 1. The van der Waals surface area contributed by atoms with Crippen LogP contribution in [0.4, 0.5) is 5.13 Å². The highest BCUT2D eigenvalue weighted by Gasteiger charge is 2.17. The number of rotatable bonds is 7. The van der Waals surface area contributed by atoms with E-state index < -0.39 is 10.0 Å². The molecule has 0 fully saturated rings. The van der Waals surface area contributed by atoms with Gasteiger partial charge in [0.2, 0.25) is 15.9 Å². The molecule has 0 saturated carbocycles. The summed E-state index contributed by atoms with van der Waals surface area (Å²) in [6.07, 6.45) is 0.837. The van der Waals surface area contributed by atoms with E-state index >= 15 is 0 Å². The van der Waals surface area contributed by atoms with Crippen LogP contribution in [0.3, 0.4) is 0 Å². The van der Waals surface area contributed by atoms with E-state index in [0.717, 1.165) is 22.6 Å². The van der Waals surface area contributed by atoms with Gasteiger partial charge in [0, 0.05) is 10.9 Å². The Morgan fingerprint density at radius 3 is 2.46 bits per heavy atom. The number of benzene rings is 1. The van der Waals surface area contributed by atoms with Crippen LogP contribution in [0, 0.1) is 6.92 Å². The Morgan fingerprint density at radius 2 is 1.96 bits per heavy atom. The first-order chi connectivity index (χ1) is 12.1. The van der Waals surface area contributed by atoms with E-state index in [-0.39, 0.29) is 23.4 Å². The number of thiazole rings is 1. The Balaban J connectivity index is 1.99. The first-order valence-electron chi connectivity index (χ1n) is 8.21. The molecule has 1 aromatic carbocycles. The lowest BCUT2D eigenvalue weighted by Crippen LogP contribution is -2.32. The number of primary sulfonamides is 1. The van der Waals surface area contributed by atoms with Crippen molar-refractivity contribution in [1.82, 2.24) is 9.88 Å². The average molecular weight is 397 g/mol. The van der Waals surface area contributed by atoms with Gasteiger partial charge in [0.15, 0.2) is 5.13 Å². The molecule has 1 atom stereocenters. The highest BCUT2D eigenvalue weighted by Crippen LogP contribution is 2.23. The van der Waals surface area contributed by atoms with Gasteiger partial charge in [0.1, 0.15) is 0 Å². The second kappa shape index (κ2) is 8.26. The fourth-order valence-electron chi connectivity index (χ4n) is 2.52. The van der Waals surface area contributed by atoms with Crippen molar-refractivity contribution in [3.63, 3.8) is 0 Å². The second-order valence-corrected chi connectivity index (χ2v) is 8.89. The number of sulfonamides is 1. The van der Waals surface area contributed by atoms with Gasteiger partial charge in [-0.15, -0.1) is 11.3 Å². The van der Waals surface area contributed by atoms with Gasteiger partial charge >= 0.3 is 0 Å². The van der Waals surface area contributed by atoms with E-state index in [1.54, 1.807) is 12.1 Å². The normalized spacial score (nSPS) is 13.0. The van der Waals surface area contributed by atoms with Gasteiger partial charge in [-0.1, -0.05) is 19.1 Å². The number of amides is 1. The summed E-state index contributed by atoms with van der Waals surface area (Å²) in [4.78, 5) is 19.7. The van der Waals surface area contributed by atoms with Gasteiger partial charge in [-0.2, -0.15) is 0 Å². The minimum Gasteiger partial charge on any atom is -0.301 e. The molecule has 142 valence electrons. The molecule has 1 aromatic heterocycles. The molecule has 7 nitrogen and oxygen atoms in total. The molecule has 1 unspecified atom stereocenters. The predicted molar refractivity (Wildman–Crippen MR) is 104 cm³/mol. The predicted octanol–water partition coefficient (Wildman–Crippen LogP) is 2.29. The Morgan fingerprint density at radius 1 is 1.35 bits per heavy atom. The van der Waals surface area contributed by atoms with Crippen LogP contribution in [0.5, 0.6) is 0 Å². The van der Waals surface area contributed by atoms with E-state index in [4.69, 9.17) is 5.14 Å². The third-order valence-corrected chi connectivity index (χ3v) is 6.08. The van der Waals surface area contributed by atoms with E-state index in [0.29, 0.717) is 5.13 Å². The van der Waals surface area contributed by atoms with Crippen molar-refractivity contribution in [1.29, 1.82) is 0 Å². The Kier molecular flexibility index (Phi) is 6.51. The molecule has 0 aliphatic rings. The molecule has 1 heterocycles. The summed E-state index contributed by atoms with van der Waals surface area (Å²) in [7, 11) is -1.87. The topological polar surface area (TPSA) is 105 Å². The maximum absolute atomic E-state index is 12.3. The summed E-state index contributed by atoms with van der Waals surface area (Å²) in [5.41, 5.74) is 1.90. The molecule has 0 bridgehead atoms. The van der Waals surface area contributed by atoms with E-state index in [1.165, 1.54) is 23.5 Å². The number of nitrogens with two attached hydrogens (primary N) is 1. The standard InChI is InChI=1S/C17H24N4O3S2/c1-5-15-12(3)25-17(19-15)20-16(22)10-21(4)11(2)13-6-8-14(9-7-13)26(18,23)24/h6-9,11H,5,10H2,1-4H3,(H2,18,23,24)(H,19,20,22). The highest BCUT2D eigenvalue weighted by molar-refractivity contribution is 7.89. The lowest BCUT2D eigenvalue weighted by molar-refractivity contribution is -0.117. The zero-order valence-corrected chi connectivity index (χ0v) is 16.9. The smallest absolute Gasteiger partial charge is 0.240 e. The van der Waals surface area contributed by atoms with Gasteiger partial charge in [-0.05, 0) is 45.0 Å². The number of aryl methyl sites for hydroxylation is 2. The van der Waals surface area contributed by atoms with Crippen LogP contribution >= 0.6 is 11.3 Å². The molecule has 0 aliphatic carbocycles. The number of hydrogen-bond donors (Lipinski definition) is 2. The summed E-state index contributed by atoms with van der Waals surface area (Å²) >= 11 is 1.47. The Labute approximate surface area is 158 Å². The van der Waals surface area contributed by atoms with Crippen LogP contribution in [-0.2, 0) is 21.2 Å². The molecular weight excluding hydrogens is 372 g/mol. The van der Waals surface area contributed by atoms with Crippen LogP contribution in [0.25, 0.3) is 0 Å². The Hall–Kier alpha value is -1.81. The van der Waals surface area contributed by atoms with Gasteiger partial charge in [0.25, 0.3) is 0 Å². The van der Waals surface area contributed by atoms with Crippen LogP contribution in [0.1, 0.15) is 36.0 Å². The Bertz CT molecular complexity index is 876. The van der Waals surface area contributed by atoms with Crippen molar-refractivity contribution in [3.05, 3.63) is 40.4 Å². The number of carbonyl (C=O) groups excluding carboxylic acids is 1. The highest BCUT2D eigenvalue weighted by atomic mass is 32.2. The van der Waals surface area contributed by atoms with E-state index in [1.807, 2.05) is 32.7 Å². The van der Waals surface area contributed by atoms with Gasteiger partial charge in [0.05, 0.1) is 17.1 Å². The summed E-state index contributed by atoms with van der Waals surface area (Å²) < 4.78 is 22.6. The van der Waals surface area contributed by atoms with Crippen molar-refractivity contribution in [3.8, 4) is 0 Å². The van der Waals surface area contributed by atoms with E-state index in [9.17, 15) is 13.2 Å². The van der Waals surface area contributed by atoms with Crippen molar-refractivity contribution >= 4 is 32.4 Å². The number of carbonyl (C=O) groups is 1. The quantitative estimate of drug-likeness (QED) is 0.747. The van der Waals surface area contributed by atoms with Gasteiger partial charge in [-0.3, -0.25) is 9.69 Å². The number of nitrogens with one attached hydrogen (secondary N) is 1. The zero-order chi connectivity index (χ0) is 19.5. The fourth-order valence-corrected chi connectivity index (χ4v) is 3.96.